The maximum atomic E-state index is 11.2. The number of hydrogen-bond donors (Lipinski definition) is 1. The molecule has 2 rings (SSSR count). The van der Waals surface area contributed by atoms with Crippen molar-refractivity contribution in [1.82, 2.24) is 4.98 Å². The molecule has 0 amide bonds. The molecule has 1 heterocycles. The lowest BCUT2D eigenvalue weighted by Crippen LogP contribution is -2.02. The topological polar surface area (TPSA) is 50.2 Å². The highest BCUT2D eigenvalue weighted by Gasteiger charge is 2.16. The summed E-state index contributed by atoms with van der Waals surface area (Å²) in [7, 11) is 0. The molecule has 0 spiro atoms. The third kappa shape index (κ3) is 3.20. The first kappa shape index (κ1) is 14.6. The summed E-state index contributed by atoms with van der Waals surface area (Å²) >= 11 is 1.48. The number of nitrogens with zero attached hydrogens (tertiary/aromatic N) is 1. The number of carboxylic acid groups (broad SMARTS) is 1. The van der Waals surface area contributed by atoms with E-state index in [4.69, 9.17) is 0 Å². The lowest BCUT2D eigenvalue weighted by atomic mass is 10.0. The van der Waals surface area contributed by atoms with Crippen LogP contribution in [-0.2, 0) is 0 Å². The molecule has 0 unspecified atom stereocenters. The number of aryl methyl sites for hydroxylation is 2. The van der Waals surface area contributed by atoms with Gasteiger partial charge < -0.3 is 5.11 Å². The van der Waals surface area contributed by atoms with Gasteiger partial charge in [0.1, 0.15) is 5.03 Å². The van der Waals surface area contributed by atoms with Crippen LogP contribution in [0.15, 0.2) is 41.6 Å². The van der Waals surface area contributed by atoms with Gasteiger partial charge in [0, 0.05) is 11.4 Å². The molecule has 2 aromatic rings. The maximum Gasteiger partial charge on any atom is 0.338 e. The van der Waals surface area contributed by atoms with Gasteiger partial charge in [0.15, 0.2) is 0 Å². The van der Waals surface area contributed by atoms with E-state index in [0.717, 1.165) is 0 Å². The van der Waals surface area contributed by atoms with E-state index in [9.17, 15) is 9.90 Å². The van der Waals surface area contributed by atoms with Crippen LogP contribution < -0.4 is 0 Å². The predicted molar refractivity (Wildman–Crippen MR) is 81.4 cm³/mol. The lowest BCUT2D eigenvalue weighted by molar-refractivity contribution is 0.0692. The second kappa shape index (κ2) is 6.09. The second-order valence-corrected chi connectivity index (χ2v) is 6.11. The summed E-state index contributed by atoms with van der Waals surface area (Å²) in [5, 5.41) is 9.91. The molecule has 0 aliphatic rings. The number of aromatic nitrogens is 1. The van der Waals surface area contributed by atoms with E-state index < -0.39 is 5.97 Å². The average molecular weight is 287 g/mol. The molecule has 20 heavy (non-hydrogen) atoms. The fourth-order valence-electron chi connectivity index (χ4n) is 2.08. The first-order chi connectivity index (χ1) is 9.49. The van der Waals surface area contributed by atoms with Crippen LogP contribution in [0.5, 0.6) is 0 Å². The Bertz CT molecular complexity index is 640. The van der Waals surface area contributed by atoms with E-state index in [0.29, 0.717) is 5.03 Å². The first-order valence-electron chi connectivity index (χ1n) is 6.41. The normalized spacial score (nSPS) is 12.2. The van der Waals surface area contributed by atoms with E-state index in [1.54, 1.807) is 18.3 Å². The zero-order valence-electron chi connectivity index (χ0n) is 11.8. The van der Waals surface area contributed by atoms with Gasteiger partial charge in [-0.15, -0.1) is 0 Å². The van der Waals surface area contributed by atoms with Crippen LogP contribution in [0.2, 0.25) is 0 Å². The van der Waals surface area contributed by atoms with Crippen molar-refractivity contribution in [2.75, 3.05) is 0 Å². The minimum absolute atomic E-state index is 0.155. The third-order valence-electron chi connectivity index (χ3n) is 3.16. The maximum absolute atomic E-state index is 11.2. The molecule has 0 bridgehead atoms. The van der Waals surface area contributed by atoms with E-state index >= 15 is 0 Å². The molecule has 4 heteroatoms. The van der Waals surface area contributed by atoms with Crippen LogP contribution in [0.4, 0.5) is 0 Å². The number of hydrogen-bond acceptors (Lipinski definition) is 3. The third-order valence-corrected chi connectivity index (χ3v) is 4.32. The molecule has 0 aliphatic heterocycles. The van der Waals surface area contributed by atoms with Crippen molar-refractivity contribution in [3.8, 4) is 0 Å². The Labute approximate surface area is 123 Å². The number of carbonyl (C=O) groups is 1. The Hall–Kier alpha value is -1.81. The second-order valence-electron chi connectivity index (χ2n) is 4.78. The Morgan fingerprint density at radius 3 is 2.75 bits per heavy atom. The van der Waals surface area contributed by atoms with Gasteiger partial charge >= 0.3 is 5.97 Å². The Kier molecular flexibility index (Phi) is 4.45. The molecule has 0 saturated carbocycles. The largest absolute Gasteiger partial charge is 0.478 e. The molecule has 0 aliphatic carbocycles. The number of thioether (sulfide) groups is 1. The molecule has 1 atom stereocenters. The minimum Gasteiger partial charge on any atom is -0.478 e. The van der Waals surface area contributed by atoms with Gasteiger partial charge in [-0.25, -0.2) is 9.78 Å². The molecule has 0 fully saturated rings. The smallest absolute Gasteiger partial charge is 0.338 e. The van der Waals surface area contributed by atoms with Crippen molar-refractivity contribution in [3.63, 3.8) is 0 Å². The first-order valence-corrected chi connectivity index (χ1v) is 7.29. The minimum atomic E-state index is -0.936. The number of benzene rings is 1. The zero-order valence-corrected chi connectivity index (χ0v) is 12.6. The molecule has 0 radical (unpaired) electrons. The summed E-state index contributed by atoms with van der Waals surface area (Å²) in [5.41, 5.74) is 3.90. The van der Waals surface area contributed by atoms with Crippen LogP contribution in [0.25, 0.3) is 0 Å². The number of aromatic carboxylic acids is 1. The number of carboxylic acids is 1. The van der Waals surface area contributed by atoms with Crippen LogP contribution in [-0.4, -0.2) is 16.1 Å². The van der Waals surface area contributed by atoms with Crippen molar-refractivity contribution in [1.29, 1.82) is 0 Å². The average Bonchev–Trinajstić information content (AvgIpc) is 2.41. The Morgan fingerprint density at radius 2 is 2.05 bits per heavy atom. The molecule has 3 nitrogen and oxygen atoms in total. The van der Waals surface area contributed by atoms with Crippen molar-refractivity contribution >= 4 is 17.7 Å². The summed E-state index contributed by atoms with van der Waals surface area (Å²) in [5.74, 6) is -0.936. The highest BCUT2D eigenvalue weighted by molar-refractivity contribution is 7.99. The summed E-state index contributed by atoms with van der Waals surface area (Å²) in [6, 6.07) is 9.57. The van der Waals surface area contributed by atoms with Gasteiger partial charge in [0.2, 0.25) is 0 Å². The quantitative estimate of drug-likeness (QED) is 0.854. The van der Waals surface area contributed by atoms with Crippen LogP contribution >= 0.6 is 11.8 Å². The molecular formula is C16H17NO2S. The monoisotopic (exact) mass is 287 g/mol. The summed E-state index contributed by atoms with van der Waals surface area (Å²) < 4.78 is 0. The Morgan fingerprint density at radius 1 is 1.30 bits per heavy atom. The highest BCUT2D eigenvalue weighted by atomic mass is 32.2. The standard InChI is InChI=1S/C16H17NO2S/c1-10-6-7-11(2)14(9-10)12(3)20-15-13(16(18)19)5-4-8-17-15/h4-9,12H,1-3H3,(H,18,19)/t12-/m0/s1. The molecule has 104 valence electrons. The molecule has 1 aromatic carbocycles. The van der Waals surface area contributed by atoms with Crippen LogP contribution in [0, 0.1) is 13.8 Å². The van der Waals surface area contributed by atoms with Crippen LogP contribution in [0.1, 0.15) is 39.2 Å². The van der Waals surface area contributed by atoms with Crippen molar-refractivity contribution in [2.45, 2.75) is 31.0 Å². The van der Waals surface area contributed by atoms with E-state index in [1.807, 2.05) is 0 Å². The molecule has 1 aromatic heterocycles. The van der Waals surface area contributed by atoms with E-state index in [1.165, 1.54) is 28.5 Å². The van der Waals surface area contributed by atoms with Gasteiger partial charge in [0.25, 0.3) is 0 Å². The fraction of sp³-hybridized carbons (Fsp3) is 0.250. The molecule has 0 saturated heterocycles. The summed E-state index contributed by atoms with van der Waals surface area (Å²) in [6.07, 6.45) is 1.63. The molecular weight excluding hydrogens is 270 g/mol. The SMILES string of the molecule is Cc1ccc(C)c([C@H](C)Sc2ncccc2C(=O)O)c1. The lowest BCUT2D eigenvalue weighted by Gasteiger charge is -2.15. The van der Waals surface area contributed by atoms with Crippen LogP contribution in [0.3, 0.4) is 0 Å². The predicted octanol–water partition coefficient (Wildman–Crippen LogP) is 4.25. The van der Waals surface area contributed by atoms with Gasteiger partial charge in [0.05, 0.1) is 5.56 Å². The van der Waals surface area contributed by atoms with E-state index in [2.05, 4.69) is 44.0 Å². The van der Waals surface area contributed by atoms with Gasteiger partial charge in [-0.3, -0.25) is 0 Å². The number of pyridine rings is 1. The summed E-state index contributed by atoms with van der Waals surface area (Å²) in [6.45, 7) is 6.21. The zero-order chi connectivity index (χ0) is 14.7. The van der Waals surface area contributed by atoms with Gasteiger partial charge in [-0.2, -0.15) is 0 Å². The van der Waals surface area contributed by atoms with Crippen molar-refractivity contribution in [3.05, 3.63) is 58.8 Å². The van der Waals surface area contributed by atoms with Crippen molar-refractivity contribution < 1.29 is 9.90 Å². The Balaban J connectivity index is 2.30. The highest BCUT2D eigenvalue weighted by Crippen LogP contribution is 2.36. The number of rotatable bonds is 4. The van der Waals surface area contributed by atoms with E-state index in [-0.39, 0.29) is 10.8 Å². The van der Waals surface area contributed by atoms with Gasteiger partial charge in [-0.05, 0) is 44.0 Å². The fourth-order valence-corrected chi connectivity index (χ4v) is 3.20. The summed E-state index contributed by atoms with van der Waals surface area (Å²) in [4.78, 5) is 15.4. The molecule has 1 N–H and O–H groups in total. The van der Waals surface area contributed by atoms with Gasteiger partial charge in [-0.1, -0.05) is 35.5 Å². The van der Waals surface area contributed by atoms with Crippen molar-refractivity contribution in [2.24, 2.45) is 0 Å².